The third kappa shape index (κ3) is 3.46. The smallest absolute Gasteiger partial charge is 0.0195 e. The maximum absolute atomic E-state index is 6.31. The van der Waals surface area contributed by atoms with Crippen LogP contribution in [0, 0.1) is 11.8 Å². The SMILES string of the molecule is CCN1CCN(CC2CC(C)CCC2N)CC1C. The van der Waals surface area contributed by atoms with Gasteiger partial charge in [0.2, 0.25) is 0 Å². The standard InChI is InChI=1S/C15H31N3/c1-4-18-8-7-17(10-13(18)3)11-14-9-12(2)5-6-15(14)16/h12-15H,4-11,16H2,1-3H3. The van der Waals surface area contributed by atoms with Crippen LogP contribution in [0.15, 0.2) is 0 Å². The molecule has 0 bridgehead atoms. The Morgan fingerprint density at radius 3 is 2.61 bits per heavy atom. The Balaban J connectivity index is 1.82. The Bertz CT molecular complexity index is 256. The monoisotopic (exact) mass is 253 g/mol. The van der Waals surface area contributed by atoms with E-state index in [-0.39, 0.29) is 0 Å². The number of nitrogens with two attached hydrogens (primary N) is 1. The third-order valence-electron chi connectivity index (χ3n) is 5.05. The Morgan fingerprint density at radius 1 is 1.17 bits per heavy atom. The Kier molecular flexibility index (Phi) is 5.05. The maximum atomic E-state index is 6.31. The Morgan fingerprint density at radius 2 is 1.94 bits per heavy atom. The van der Waals surface area contributed by atoms with Crippen molar-refractivity contribution in [2.45, 2.75) is 52.1 Å². The molecule has 1 heterocycles. The van der Waals surface area contributed by atoms with Gasteiger partial charge >= 0.3 is 0 Å². The predicted molar refractivity (Wildman–Crippen MR) is 77.6 cm³/mol. The molecule has 3 heteroatoms. The lowest BCUT2D eigenvalue weighted by molar-refractivity contribution is 0.0645. The quantitative estimate of drug-likeness (QED) is 0.832. The summed E-state index contributed by atoms with van der Waals surface area (Å²) in [5.41, 5.74) is 6.31. The van der Waals surface area contributed by atoms with Crippen LogP contribution in [-0.2, 0) is 0 Å². The van der Waals surface area contributed by atoms with Crippen molar-refractivity contribution in [2.75, 3.05) is 32.7 Å². The van der Waals surface area contributed by atoms with Gasteiger partial charge in [-0.2, -0.15) is 0 Å². The van der Waals surface area contributed by atoms with Crippen LogP contribution in [0.5, 0.6) is 0 Å². The second kappa shape index (κ2) is 6.36. The van der Waals surface area contributed by atoms with Gasteiger partial charge in [-0.3, -0.25) is 4.90 Å². The lowest BCUT2D eigenvalue weighted by Crippen LogP contribution is -2.54. The first kappa shape index (κ1) is 14.3. The van der Waals surface area contributed by atoms with Gasteiger partial charge in [-0.1, -0.05) is 13.8 Å². The summed E-state index contributed by atoms with van der Waals surface area (Å²) >= 11 is 0. The molecule has 0 spiro atoms. The van der Waals surface area contributed by atoms with Crippen LogP contribution in [0.25, 0.3) is 0 Å². The first-order valence-corrected chi connectivity index (χ1v) is 7.82. The van der Waals surface area contributed by atoms with E-state index in [0.29, 0.717) is 12.1 Å². The lowest BCUT2D eigenvalue weighted by Gasteiger charge is -2.42. The molecule has 0 aromatic carbocycles. The summed E-state index contributed by atoms with van der Waals surface area (Å²) in [7, 11) is 0. The average Bonchev–Trinajstić information content (AvgIpc) is 2.34. The third-order valence-corrected chi connectivity index (χ3v) is 5.05. The van der Waals surface area contributed by atoms with Crippen molar-refractivity contribution < 1.29 is 0 Å². The van der Waals surface area contributed by atoms with E-state index in [1.807, 2.05) is 0 Å². The number of piperazine rings is 1. The van der Waals surface area contributed by atoms with E-state index < -0.39 is 0 Å². The molecule has 2 N–H and O–H groups in total. The molecule has 2 fully saturated rings. The molecule has 2 rings (SSSR count). The highest BCUT2D eigenvalue weighted by atomic mass is 15.3. The Hall–Kier alpha value is -0.120. The molecule has 1 aliphatic heterocycles. The van der Waals surface area contributed by atoms with Crippen LogP contribution in [0.2, 0.25) is 0 Å². The summed E-state index contributed by atoms with van der Waals surface area (Å²) in [5.74, 6) is 1.61. The van der Waals surface area contributed by atoms with E-state index in [9.17, 15) is 0 Å². The fourth-order valence-corrected chi connectivity index (χ4v) is 3.77. The van der Waals surface area contributed by atoms with Gasteiger partial charge in [0.15, 0.2) is 0 Å². The van der Waals surface area contributed by atoms with Crippen LogP contribution in [0.1, 0.15) is 40.0 Å². The number of likely N-dealkylation sites (N-methyl/N-ethyl adjacent to an activating group) is 1. The van der Waals surface area contributed by atoms with Gasteiger partial charge in [0.1, 0.15) is 0 Å². The molecule has 1 aliphatic carbocycles. The molecule has 4 unspecified atom stereocenters. The molecule has 0 aromatic rings. The van der Waals surface area contributed by atoms with Crippen LogP contribution in [0.3, 0.4) is 0 Å². The summed E-state index contributed by atoms with van der Waals surface area (Å²) < 4.78 is 0. The molecule has 0 radical (unpaired) electrons. The molecular formula is C15H31N3. The van der Waals surface area contributed by atoms with Crippen molar-refractivity contribution in [3.05, 3.63) is 0 Å². The summed E-state index contributed by atoms with van der Waals surface area (Å²) in [6.45, 7) is 13.1. The fraction of sp³-hybridized carbons (Fsp3) is 1.00. The molecule has 2 aliphatic rings. The van der Waals surface area contributed by atoms with Gasteiger partial charge < -0.3 is 10.6 Å². The summed E-state index contributed by atoms with van der Waals surface area (Å²) in [4.78, 5) is 5.24. The zero-order valence-electron chi connectivity index (χ0n) is 12.4. The predicted octanol–water partition coefficient (Wildman–Crippen LogP) is 1.78. The molecule has 1 saturated heterocycles. The molecule has 0 amide bonds. The van der Waals surface area contributed by atoms with Crippen molar-refractivity contribution in [3.63, 3.8) is 0 Å². The van der Waals surface area contributed by atoms with E-state index in [1.54, 1.807) is 0 Å². The van der Waals surface area contributed by atoms with Crippen LogP contribution >= 0.6 is 0 Å². The van der Waals surface area contributed by atoms with Gasteiger partial charge in [0.25, 0.3) is 0 Å². The number of nitrogens with zero attached hydrogens (tertiary/aromatic N) is 2. The van der Waals surface area contributed by atoms with E-state index in [2.05, 4.69) is 30.6 Å². The van der Waals surface area contributed by atoms with Gasteiger partial charge in [-0.25, -0.2) is 0 Å². The van der Waals surface area contributed by atoms with Crippen molar-refractivity contribution in [1.82, 2.24) is 9.80 Å². The fourth-order valence-electron chi connectivity index (χ4n) is 3.77. The summed E-state index contributed by atoms with van der Waals surface area (Å²) in [6, 6.07) is 1.15. The minimum absolute atomic E-state index is 0.445. The molecular weight excluding hydrogens is 222 g/mol. The van der Waals surface area contributed by atoms with Crippen molar-refractivity contribution in [2.24, 2.45) is 17.6 Å². The maximum Gasteiger partial charge on any atom is 0.0195 e. The number of hydrogen-bond donors (Lipinski definition) is 1. The molecule has 0 aromatic heterocycles. The molecule has 4 atom stereocenters. The highest BCUT2D eigenvalue weighted by molar-refractivity contribution is 4.86. The second-order valence-corrected chi connectivity index (χ2v) is 6.58. The molecule has 1 saturated carbocycles. The van der Waals surface area contributed by atoms with Crippen LogP contribution in [0.4, 0.5) is 0 Å². The zero-order valence-corrected chi connectivity index (χ0v) is 12.4. The highest BCUT2D eigenvalue weighted by Gasteiger charge is 2.30. The van der Waals surface area contributed by atoms with E-state index in [4.69, 9.17) is 5.73 Å². The minimum atomic E-state index is 0.445. The summed E-state index contributed by atoms with van der Waals surface area (Å²) in [6.07, 6.45) is 3.90. The first-order valence-electron chi connectivity index (χ1n) is 7.82. The topological polar surface area (TPSA) is 32.5 Å². The van der Waals surface area contributed by atoms with E-state index in [1.165, 1.54) is 52.0 Å². The number of rotatable bonds is 3. The zero-order chi connectivity index (χ0) is 13.1. The largest absolute Gasteiger partial charge is 0.327 e. The Labute approximate surface area is 113 Å². The van der Waals surface area contributed by atoms with E-state index >= 15 is 0 Å². The molecule has 3 nitrogen and oxygen atoms in total. The molecule has 18 heavy (non-hydrogen) atoms. The van der Waals surface area contributed by atoms with Crippen LogP contribution < -0.4 is 5.73 Å². The van der Waals surface area contributed by atoms with Crippen molar-refractivity contribution in [1.29, 1.82) is 0 Å². The minimum Gasteiger partial charge on any atom is -0.327 e. The van der Waals surface area contributed by atoms with Crippen molar-refractivity contribution >= 4 is 0 Å². The highest BCUT2D eigenvalue weighted by Crippen LogP contribution is 2.29. The van der Waals surface area contributed by atoms with E-state index in [0.717, 1.165) is 11.8 Å². The van der Waals surface area contributed by atoms with Gasteiger partial charge in [0, 0.05) is 38.3 Å². The van der Waals surface area contributed by atoms with Crippen molar-refractivity contribution in [3.8, 4) is 0 Å². The van der Waals surface area contributed by atoms with Gasteiger partial charge in [-0.15, -0.1) is 0 Å². The first-order chi connectivity index (χ1) is 8.60. The normalized spacial score (nSPS) is 40.0. The van der Waals surface area contributed by atoms with Crippen LogP contribution in [-0.4, -0.2) is 54.6 Å². The summed E-state index contributed by atoms with van der Waals surface area (Å²) in [5, 5.41) is 0. The second-order valence-electron chi connectivity index (χ2n) is 6.58. The lowest BCUT2D eigenvalue weighted by atomic mass is 9.79. The molecule has 106 valence electrons. The average molecular weight is 253 g/mol. The number of hydrogen-bond acceptors (Lipinski definition) is 3. The van der Waals surface area contributed by atoms with Gasteiger partial charge in [-0.05, 0) is 44.6 Å². The van der Waals surface area contributed by atoms with Gasteiger partial charge in [0.05, 0.1) is 0 Å².